The van der Waals surface area contributed by atoms with Gasteiger partial charge in [-0.15, -0.1) is 0 Å². The van der Waals surface area contributed by atoms with Gasteiger partial charge in [-0.3, -0.25) is 0 Å². The molecule has 138 valence electrons. The maximum Gasteiger partial charge on any atom is 0.494 e. The molecule has 25 heavy (non-hydrogen) atoms. The highest BCUT2D eigenvalue weighted by Gasteiger charge is 2.52. The highest BCUT2D eigenvalue weighted by Crippen LogP contribution is 2.39. The lowest BCUT2D eigenvalue weighted by atomic mass is 9.76. The fraction of sp³-hybridized carbons (Fsp3) is 0.667. The first-order chi connectivity index (χ1) is 11.5. The topological polar surface area (TPSA) is 27.7 Å². The van der Waals surface area contributed by atoms with Crippen LogP contribution in [0.3, 0.4) is 0 Å². The van der Waals surface area contributed by atoms with E-state index in [0.29, 0.717) is 30.7 Å². The van der Waals surface area contributed by atoms with Crippen LogP contribution in [0.15, 0.2) is 18.2 Å². The van der Waals surface area contributed by atoms with Gasteiger partial charge in [-0.25, -0.2) is 0 Å². The van der Waals surface area contributed by atoms with Gasteiger partial charge < -0.3 is 14.0 Å². The van der Waals surface area contributed by atoms with Crippen LogP contribution in [-0.2, 0) is 20.2 Å². The minimum Gasteiger partial charge on any atom is -0.399 e. The van der Waals surface area contributed by atoms with E-state index in [1.54, 1.807) is 12.1 Å². The number of ether oxygens (including phenoxy) is 1. The summed E-state index contributed by atoms with van der Waals surface area (Å²) in [5, 5.41) is 0. The number of rotatable bonds is 2. The first kappa shape index (κ1) is 18.7. The van der Waals surface area contributed by atoms with Crippen LogP contribution in [0, 0.1) is 0 Å². The SMILES string of the molecule is CC1(C)OB(c2ccc(C3CCCOC3)c(C(F)(F)F)c2)OC1(C)C. The Morgan fingerprint density at radius 2 is 1.72 bits per heavy atom. The molecule has 0 spiro atoms. The second-order valence-electron chi connectivity index (χ2n) is 7.85. The minimum atomic E-state index is -4.42. The number of alkyl halides is 3. The van der Waals surface area contributed by atoms with Gasteiger partial charge >= 0.3 is 13.3 Å². The Bertz CT molecular complexity index is 621. The molecule has 1 aromatic rings. The van der Waals surface area contributed by atoms with Crippen molar-refractivity contribution in [3.63, 3.8) is 0 Å². The van der Waals surface area contributed by atoms with E-state index in [4.69, 9.17) is 14.0 Å². The summed E-state index contributed by atoms with van der Waals surface area (Å²) in [5.74, 6) is -0.224. The Balaban J connectivity index is 1.95. The van der Waals surface area contributed by atoms with Gasteiger partial charge in [0, 0.05) is 12.5 Å². The predicted molar refractivity (Wildman–Crippen MR) is 90.0 cm³/mol. The average Bonchev–Trinajstić information content (AvgIpc) is 2.75. The molecule has 0 saturated carbocycles. The monoisotopic (exact) mass is 356 g/mol. The number of hydrogen-bond acceptors (Lipinski definition) is 3. The predicted octanol–water partition coefficient (Wildman–Crippen LogP) is 3.90. The molecule has 1 atom stereocenters. The van der Waals surface area contributed by atoms with E-state index in [2.05, 4.69) is 0 Å². The summed E-state index contributed by atoms with van der Waals surface area (Å²) in [6.07, 6.45) is -2.94. The van der Waals surface area contributed by atoms with E-state index in [9.17, 15) is 13.2 Å². The van der Waals surface area contributed by atoms with Crippen LogP contribution in [0.4, 0.5) is 13.2 Å². The van der Waals surface area contributed by atoms with Crippen LogP contribution < -0.4 is 5.46 Å². The second kappa shape index (κ2) is 6.29. The zero-order valence-electron chi connectivity index (χ0n) is 15.1. The summed E-state index contributed by atoms with van der Waals surface area (Å²) >= 11 is 0. The van der Waals surface area contributed by atoms with Crippen molar-refractivity contribution in [2.24, 2.45) is 0 Å². The molecule has 0 N–H and O–H groups in total. The molecule has 2 heterocycles. The quantitative estimate of drug-likeness (QED) is 0.753. The van der Waals surface area contributed by atoms with E-state index in [-0.39, 0.29) is 5.92 Å². The van der Waals surface area contributed by atoms with Gasteiger partial charge in [-0.05, 0) is 57.6 Å². The maximum absolute atomic E-state index is 13.7. The Hall–Kier alpha value is -1.05. The fourth-order valence-corrected chi connectivity index (χ4v) is 3.29. The number of hydrogen-bond donors (Lipinski definition) is 0. The van der Waals surface area contributed by atoms with Crippen molar-refractivity contribution in [1.82, 2.24) is 0 Å². The molecule has 0 radical (unpaired) electrons. The van der Waals surface area contributed by atoms with Crippen LogP contribution in [0.25, 0.3) is 0 Å². The lowest BCUT2D eigenvalue weighted by Gasteiger charge is -2.32. The zero-order valence-corrected chi connectivity index (χ0v) is 15.1. The van der Waals surface area contributed by atoms with Gasteiger partial charge in [0.2, 0.25) is 0 Å². The third kappa shape index (κ3) is 3.59. The van der Waals surface area contributed by atoms with Gasteiger partial charge in [0.05, 0.1) is 23.4 Å². The van der Waals surface area contributed by atoms with E-state index in [1.165, 1.54) is 6.07 Å². The van der Waals surface area contributed by atoms with Crippen LogP contribution in [-0.4, -0.2) is 31.5 Å². The molecule has 7 heteroatoms. The standard InChI is InChI=1S/C18H24BF3O3/c1-16(2)17(3,4)25-19(24-16)13-7-8-14(12-6-5-9-23-11-12)15(10-13)18(20,21)22/h7-8,10,12H,5-6,9,11H2,1-4H3. The summed E-state index contributed by atoms with van der Waals surface area (Å²) in [6, 6.07) is 4.41. The highest BCUT2D eigenvalue weighted by atomic mass is 19.4. The van der Waals surface area contributed by atoms with Crippen molar-refractivity contribution in [1.29, 1.82) is 0 Å². The molecule has 3 rings (SSSR count). The molecule has 2 fully saturated rings. The molecule has 1 unspecified atom stereocenters. The molecule has 2 saturated heterocycles. The maximum atomic E-state index is 13.7. The molecular weight excluding hydrogens is 332 g/mol. The van der Waals surface area contributed by atoms with Gasteiger partial charge in [0.15, 0.2) is 0 Å². The van der Waals surface area contributed by atoms with E-state index < -0.39 is 30.1 Å². The van der Waals surface area contributed by atoms with Gasteiger partial charge in [0.25, 0.3) is 0 Å². The number of halogens is 3. The van der Waals surface area contributed by atoms with E-state index in [0.717, 1.165) is 6.42 Å². The van der Waals surface area contributed by atoms with Gasteiger partial charge in [-0.2, -0.15) is 13.2 Å². The number of benzene rings is 1. The molecule has 1 aromatic carbocycles. The second-order valence-corrected chi connectivity index (χ2v) is 7.85. The third-order valence-electron chi connectivity index (χ3n) is 5.51. The molecular formula is C18H24BF3O3. The van der Waals surface area contributed by atoms with Crippen LogP contribution in [0.1, 0.15) is 57.6 Å². The van der Waals surface area contributed by atoms with E-state index >= 15 is 0 Å². The molecule has 2 aliphatic heterocycles. The smallest absolute Gasteiger partial charge is 0.399 e. The van der Waals surface area contributed by atoms with Crippen LogP contribution >= 0.6 is 0 Å². The molecule has 0 bridgehead atoms. The minimum absolute atomic E-state index is 0.224. The Morgan fingerprint density at radius 3 is 2.24 bits per heavy atom. The van der Waals surface area contributed by atoms with Crippen LogP contribution in [0.2, 0.25) is 0 Å². The molecule has 2 aliphatic rings. The Labute approximate surface area is 147 Å². The summed E-state index contributed by atoms with van der Waals surface area (Å²) in [7, 11) is -0.803. The summed E-state index contributed by atoms with van der Waals surface area (Å²) < 4.78 is 58.1. The highest BCUT2D eigenvalue weighted by molar-refractivity contribution is 6.62. The third-order valence-corrected chi connectivity index (χ3v) is 5.51. The molecule has 0 aliphatic carbocycles. The first-order valence-corrected chi connectivity index (χ1v) is 8.66. The Kier molecular flexibility index (Phi) is 4.71. The van der Waals surface area contributed by atoms with Crippen molar-refractivity contribution >= 4 is 12.6 Å². The zero-order chi connectivity index (χ0) is 18.5. The Morgan fingerprint density at radius 1 is 1.08 bits per heavy atom. The van der Waals surface area contributed by atoms with Crippen molar-refractivity contribution in [3.8, 4) is 0 Å². The largest absolute Gasteiger partial charge is 0.494 e. The average molecular weight is 356 g/mol. The molecule has 3 nitrogen and oxygen atoms in total. The van der Waals surface area contributed by atoms with Crippen molar-refractivity contribution < 1.29 is 27.2 Å². The lowest BCUT2D eigenvalue weighted by molar-refractivity contribution is -0.138. The van der Waals surface area contributed by atoms with Crippen molar-refractivity contribution in [3.05, 3.63) is 29.3 Å². The molecule has 0 aromatic heterocycles. The molecule has 0 amide bonds. The summed E-state index contributed by atoms with van der Waals surface area (Å²) in [5.41, 5.74) is -1.10. The first-order valence-electron chi connectivity index (χ1n) is 8.66. The van der Waals surface area contributed by atoms with E-state index in [1.807, 2.05) is 27.7 Å². The van der Waals surface area contributed by atoms with Crippen molar-refractivity contribution in [2.75, 3.05) is 13.2 Å². The normalized spacial score (nSPS) is 26.0. The van der Waals surface area contributed by atoms with Gasteiger partial charge in [0.1, 0.15) is 0 Å². The lowest BCUT2D eigenvalue weighted by Crippen LogP contribution is -2.41. The summed E-state index contributed by atoms with van der Waals surface area (Å²) in [6.45, 7) is 8.47. The van der Waals surface area contributed by atoms with Crippen molar-refractivity contribution in [2.45, 2.75) is 63.8 Å². The summed E-state index contributed by atoms with van der Waals surface area (Å²) in [4.78, 5) is 0. The van der Waals surface area contributed by atoms with Gasteiger partial charge in [-0.1, -0.05) is 12.1 Å². The van der Waals surface area contributed by atoms with Crippen LogP contribution in [0.5, 0.6) is 0 Å². The fourth-order valence-electron chi connectivity index (χ4n) is 3.29.